The van der Waals surface area contributed by atoms with Crippen LogP contribution in [0, 0.1) is 24.2 Å². The summed E-state index contributed by atoms with van der Waals surface area (Å²) in [5.41, 5.74) is 15.2. The lowest BCUT2D eigenvalue weighted by Gasteiger charge is -2.21. The third kappa shape index (κ3) is 6.27. The van der Waals surface area contributed by atoms with Gasteiger partial charge in [-0.1, -0.05) is 12.0 Å². The molecule has 2 aromatic heterocycles. The van der Waals surface area contributed by atoms with Crippen LogP contribution < -0.4 is 11.5 Å². The molecule has 4 rings (SSSR count). The Balaban J connectivity index is 0.000000261. The van der Waals surface area contributed by atoms with Crippen LogP contribution in [0.1, 0.15) is 36.7 Å². The highest BCUT2D eigenvalue weighted by Crippen LogP contribution is 2.19. The molecule has 1 fully saturated rings. The number of aryl methyl sites for hydroxylation is 2. The predicted molar refractivity (Wildman–Crippen MR) is 144 cm³/mol. The fourth-order valence-corrected chi connectivity index (χ4v) is 4.37. The van der Waals surface area contributed by atoms with E-state index in [4.69, 9.17) is 21.6 Å². The highest BCUT2D eigenvalue weighted by molar-refractivity contribution is 6.16. The number of hydrogen-bond acceptors (Lipinski definition) is 7. The molecule has 1 aliphatic rings. The Hall–Kier alpha value is -3.67. The maximum Gasteiger partial charge on any atom is 0.135 e. The van der Waals surface area contributed by atoms with Crippen LogP contribution in [-0.4, -0.2) is 58.0 Å². The third-order valence-electron chi connectivity index (χ3n) is 6.07. The van der Waals surface area contributed by atoms with Gasteiger partial charge in [-0.3, -0.25) is 10.3 Å². The minimum Gasteiger partial charge on any atom is -0.398 e. The topological polar surface area (TPSA) is 119 Å². The van der Waals surface area contributed by atoms with Crippen molar-refractivity contribution in [3.05, 3.63) is 60.1 Å². The van der Waals surface area contributed by atoms with Gasteiger partial charge in [-0.25, -0.2) is 9.97 Å². The van der Waals surface area contributed by atoms with E-state index in [-0.39, 0.29) is 11.5 Å². The highest BCUT2D eigenvalue weighted by Gasteiger charge is 2.22. The summed E-state index contributed by atoms with van der Waals surface area (Å²) in [5, 5.41) is 8.10. The van der Waals surface area contributed by atoms with Gasteiger partial charge in [-0.15, -0.1) is 6.58 Å². The van der Waals surface area contributed by atoms with Crippen LogP contribution in [-0.2, 0) is 11.3 Å². The molecule has 0 saturated carbocycles. The molecule has 0 amide bonds. The van der Waals surface area contributed by atoms with E-state index in [1.54, 1.807) is 13.2 Å². The van der Waals surface area contributed by atoms with Gasteiger partial charge < -0.3 is 20.8 Å². The van der Waals surface area contributed by atoms with Gasteiger partial charge in [0.25, 0.3) is 0 Å². The molecular formula is C27H35N7O. The Morgan fingerprint density at radius 1 is 1.34 bits per heavy atom. The smallest absolute Gasteiger partial charge is 0.135 e. The molecule has 1 aliphatic heterocycles. The number of hydrogen-bond donors (Lipinski definition) is 3. The minimum absolute atomic E-state index is 0.0495. The van der Waals surface area contributed by atoms with Crippen molar-refractivity contribution >= 4 is 28.3 Å². The Kier molecular flexibility index (Phi) is 9.01. The zero-order valence-corrected chi connectivity index (χ0v) is 20.8. The zero-order valence-electron chi connectivity index (χ0n) is 20.8. The number of anilines is 2. The van der Waals surface area contributed by atoms with Gasteiger partial charge >= 0.3 is 0 Å². The Bertz CT molecular complexity index is 1230. The number of nitrogens with zero attached hydrogens (tertiary/aromatic N) is 4. The van der Waals surface area contributed by atoms with Crippen LogP contribution in [0.25, 0.3) is 11.0 Å². The number of pyridine rings is 1. The van der Waals surface area contributed by atoms with Crippen molar-refractivity contribution < 1.29 is 4.74 Å². The van der Waals surface area contributed by atoms with Gasteiger partial charge in [-0.05, 0) is 63.4 Å². The second-order valence-electron chi connectivity index (χ2n) is 8.43. The summed E-state index contributed by atoms with van der Waals surface area (Å²) in [4.78, 5) is 10.9. The average Bonchev–Trinajstić information content (AvgIpc) is 3.40. The third-order valence-corrected chi connectivity index (χ3v) is 6.07. The Morgan fingerprint density at radius 2 is 2.14 bits per heavy atom. The molecule has 0 aliphatic carbocycles. The molecule has 5 N–H and O–H groups in total. The molecule has 0 bridgehead atoms. The van der Waals surface area contributed by atoms with Crippen molar-refractivity contribution in [1.82, 2.24) is 19.4 Å². The SMILES string of the molecule is C=CCN1CCCC1COC.CCn1c(C)nc2cc(C#CC(=N)c3c(N)ccnc3N)ccc21. The molecule has 8 nitrogen and oxygen atoms in total. The van der Waals surface area contributed by atoms with Crippen molar-refractivity contribution in [2.24, 2.45) is 0 Å². The molecule has 1 atom stereocenters. The van der Waals surface area contributed by atoms with E-state index in [1.165, 1.54) is 25.6 Å². The van der Waals surface area contributed by atoms with Gasteiger partial charge in [0.2, 0.25) is 0 Å². The summed E-state index contributed by atoms with van der Waals surface area (Å²) in [6, 6.07) is 8.09. The largest absolute Gasteiger partial charge is 0.398 e. The van der Waals surface area contributed by atoms with E-state index in [0.29, 0.717) is 17.3 Å². The first-order valence-electron chi connectivity index (χ1n) is 11.8. The summed E-state index contributed by atoms with van der Waals surface area (Å²) >= 11 is 0. The van der Waals surface area contributed by atoms with Crippen molar-refractivity contribution in [1.29, 1.82) is 5.41 Å². The number of imidazole rings is 1. The summed E-state index contributed by atoms with van der Waals surface area (Å²) in [6.45, 7) is 11.8. The van der Waals surface area contributed by atoms with E-state index in [1.807, 2.05) is 31.2 Å². The number of nitrogen functional groups attached to an aromatic ring is 2. The number of nitrogens with one attached hydrogen (secondary N) is 1. The van der Waals surface area contributed by atoms with Crippen LogP contribution in [0.5, 0.6) is 0 Å². The van der Waals surface area contributed by atoms with Crippen LogP contribution in [0.4, 0.5) is 11.5 Å². The normalized spacial score (nSPS) is 15.2. The van der Waals surface area contributed by atoms with E-state index in [0.717, 1.165) is 42.1 Å². The Labute approximate surface area is 207 Å². The van der Waals surface area contributed by atoms with E-state index in [9.17, 15) is 0 Å². The maximum atomic E-state index is 8.10. The second-order valence-corrected chi connectivity index (χ2v) is 8.43. The maximum absolute atomic E-state index is 8.10. The van der Waals surface area contributed by atoms with Gasteiger partial charge in [0.15, 0.2) is 0 Å². The number of benzene rings is 1. The first-order valence-corrected chi connectivity index (χ1v) is 11.8. The van der Waals surface area contributed by atoms with Crippen LogP contribution in [0.15, 0.2) is 43.1 Å². The van der Waals surface area contributed by atoms with Crippen molar-refractivity contribution in [3.63, 3.8) is 0 Å². The summed E-state index contributed by atoms with van der Waals surface area (Å²) in [5.74, 6) is 6.95. The molecular weight excluding hydrogens is 438 g/mol. The minimum atomic E-state index is 0.0495. The first-order chi connectivity index (χ1) is 16.9. The lowest BCUT2D eigenvalue weighted by Crippen LogP contribution is -2.32. The van der Waals surface area contributed by atoms with Crippen LogP contribution in [0.2, 0.25) is 0 Å². The van der Waals surface area contributed by atoms with Crippen molar-refractivity contribution in [2.45, 2.75) is 39.3 Å². The average molecular weight is 474 g/mol. The number of ether oxygens (including phenoxy) is 1. The number of methoxy groups -OCH3 is 1. The number of nitrogens with two attached hydrogens (primary N) is 2. The lowest BCUT2D eigenvalue weighted by atomic mass is 10.1. The standard InChI is InChI=1S/C18H18N6.C9H17NO/c1-3-24-11(2)23-15-10-12(5-7-16(15)24)4-6-13(19)17-14(20)8-9-22-18(17)21;1-3-6-10-7-4-5-9(10)8-11-2/h5,7-10,19H,3H2,1-2H3,(H4,20,21,22);3,9H,1,4-8H2,2H3. The fourth-order valence-electron chi connectivity index (χ4n) is 4.37. The number of likely N-dealkylation sites (tertiary alicyclic amines) is 1. The first kappa shape index (κ1) is 25.9. The molecule has 0 spiro atoms. The van der Waals surface area contributed by atoms with E-state index >= 15 is 0 Å². The van der Waals surface area contributed by atoms with Gasteiger partial charge in [0, 0.05) is 43.7 Å². The molecule has 1 aromatic carbocycles. The zero-order chi connectivity index (χ0) is 25.4. The molecule has 184 valence electrons. The molecule has 8 heteroatoms. The molecule has 35 heavy (non-hydrogen) atoms. The number of aromatic nitrogens is 3. The van der Waals surface area contributed by atoms with E-state index < -0.39 is 0 Å². The van der Waals surface area contributed by atoms with Gasteiger partial charge in [-0.2, -0.15) is 0 Å². The lowest BCUT2D eigenvalue weighted by molar-refractivity contribution is 0.122. The summed E-state index contributed by atoms with van der Waals surface area (Å²) in [7, 11) is 1.77. The monoisotopic (exact) mass is 473 g/mol. The van der Waals surface area contributed by atoms with Crippen LogP contribution in [0.3, 0.4) is 0 Å². The predicted octanol–water partition coefficient (Wildman–Crippen LogP) is 3.63. The Morgan fingerprint density at radius 3 is 2.83 bits per heavy atom. The van der Waals surface area contributed by atoms with Crippen LogP contribution >= 0.6 is 0 Å². The van der Waals surface area contributed by atoms with Crippen molar-refractivity contribution in [2.75, 3.05) is 38.3 Å². The molecule has 3 aromatic rings. The van der Waals surface area contributed by atoms with Crippen molar-refractivity contribution in [3.8, 4) is 11.8 Å². The molecule has 0 radical (unpaired) electrons. The quantitative estimate of drug-likeness (QED) is 0.286. The summed E-state index contributed by atoms with van der Waals surface area (Å²) < 4.78 is 7.27. The van der Waals surface area contributed by atoms with Gasteiger partial charge in [0.05, 0.1) is 23.2 Å². The van der Waals surface area contributed by atoms with E-state index in [2.05, 4.69) is 44.8 Å². The second kappa shape index (κ2) is 12.2. The number of fused-ring (bicyclic) bond motifs is 1. The molecule has 3 heterocycles. The summed E-state index contributed by atoms with van der Waals surface area (Å²) in [6.07, 6.45) is 6.06. The highest BCUT2D eigenvalue weighted by atomic mass is 16.5. The van der Waals surface area contributed by atoms with Gasteiger partial charge in [0.1, 0.15) is 17.4 Å². The molecule has 1 saturated heterocycles. The molecule has 1 unspecified atom stereocenters. The number of rotatable bonds is 6. The fraction of sp³-hybridized carbons (Fsp3) is 0.370.